The summed E-state index contributed by atoms with van der Waals surface area (Å²) < 4.78 is 0. The van der Waals surface area contributed by atoms with E-state index < -0.39 is 23.9 Å². The molecule has 0 aliphatic heterocycles. The van der Waals surface area contributed by atoms with Gasteiger partial charge in [0.1, 0.15) is 6.04 Å². The molecule has 1 saturated carbocycles. The molecule has 0 bridgehead atoms. The topological polar surface area (TPSA) is 156 Å². The zero-order valence-electron chi connectivity index (χ0n) is 14.9. The number of aliphatic carboxylic acids is 2. The lowest BCUT2D eigenvalue weighted by atomic mass is 10.0. The van der Waals surface area contributed by atoms with E-state index in [1.165, 1.54) is 51.4 Å². The Hall–Kier alpha value is -1.67. The first-order valence-corrected chi connectivity index (χ1v) is 9.04. The van der Waals surface area contributed by atoms with Crippen molar-refractivity contribution in [3.63, 3.8) is 0 Å². The molecule has 0 aromatic carbocycles. The van der Waals surface area contributed by atoms with Gasteiger partial charge in [-0.2, -0.15) is 0 Å². The lowest BCUT2D eigenvalue weighted by Gasteiger charge is -2.17. The van der Waals surface area contributed by atoms with Crippen LogP contribution in [0.25, 0.3) is 0 Å². The summed E-state index contributed by atoms with van der Waals surface area (Å²) in [5.41, 5.74) is 9.57. The van der Waals surface area contributed by atoms with E-state index in [1.54, 1.807) is 0 Å². The van der Waals surface area contributed by atoms with Crippen molar-refractivity contribution in [2.45, 2.75) is 82.7 Å². The van der Waals surface area contributed by atoms with E-state index in [9.17, 15) is 14.4 Å². The molecule has 8 nitrogen and oxygen atoms in total. The van der Waals surface area contributed by atoms with E-state index in [0.717, 1.165) is 12.8 Å². The van der Waals surface area contributed by atoms with E-state index in [2.05, 4.69) is 11.1 Å². The van der Waals surface area contributed by atoms with Crippen LogP contribution >= 0.6 is 0 Å². The molecule has 1 aliphatic rings. The minimum atomic E-state index is -1.21. The van der Waals surface area contributed by atoms with Crippen LogP contribution in [0.2, 0.25) is 0 Å². The van der Waals surface area contributed by atoms with Gasteiger partial charge in [-0.25, -0.2) is 0 Å². The van der Waals surface area contributed by atoms with Crippen molar-refractivity contribution in [2.24, 2.45) is 11.5 Å². The maximum absolute atomic E-state index is 10.5. The number of primary amides is 1. The maximum atomic E-state index is 10.5. The molecule has 1 fully saturated rings. The van der Waals surface area contributed by atoms with Crippen LogP contribution in [0.1, 0.15) is 70.6 Å². The van der Waals surface area contributed by atoms with E-state index in [4.69, 9.17) is 15.9 Å². The molecule has 0 heterocycles. The summed E-state index contributed by atoms with van der Waals surface area (Å²) in [4.78, 5) is 30.4. The van der Waals surface area contributed by atoms with Crippen LogP contribution in [0.3, 0.4) is 0 Å². The Labute approximate surface area is 149 Å². The third-order valence-corrected chi connectivity index (χ3v) is 4.14. The molecule has 1 rings (SSSR count). The van der Waals surface area contributed by atoms with Gasteiger partial charge < -0.3 is 27.0 Å². The van der Waals surface area contributed by atoms with Crippen LogP contribution < -0.4 is 16.8 Å². The molecule has 146 valence electrons. The molecule has 0 aromatic rings. The smallest absolute Gasteiger partial charge is 0.321 e. The fourth-order valence-corrected chi connectivity index (χ4v) is 2.73. The predicted octanol–water partition coefficient (Wildman–Crippen LogP) is 1.22. The highest BCUT2D eigenvalue weighted by molar-refractivity contribution is 5.83. The summed E-state index contributed by atoms with van der Waals surface area (Å²) in [5, 5.41) is 19.9. The second kappa shape index (κ2) is 14.7. The Balaban J connectivity index is 0.000000547. The van der Waals surface area contributed by atoms with Crippen LogP contribution in [0.15, 0.2) is 0 Å². The van der Waals surface area contributed by atoms with E-state index >= 15 is 0 Å². The van der Waals surface area contributed by atoms with Gasteiger partial charge in [0.05, 0.1) is 13.0 Å². The number of rotatable bonds is 6. The van der Waals surface area contributed by atoms with Crippen molar-refractivity contribution in [3.05, 3.63) is 0 Å². The van der Waals surface area contributed by atoms with Crippen molar-refractivity contribution in [2.75, 3.05) is 6.54 Å². The van der Waals surface area contributed by atoms with E-state index in [-0.39, 0.29) is 13.0 Å². The average molecular weight is 359 g/mol. The Morgan fingerprint density at radius 1 is 0.920 bits per heavy atom. The first-order valence-electron chi connectivity index (χ1n) is 9.04. The Morgan fingerprint density at radius 2 is 1.36 bits per heavy atom. The predicted molar refractivity (Wildman–Crippen MR) is 95.0 cm³/mol. The first-order chi connectivity index (χ1) is 11.8. The van der Waals surface area contributed by atoms with Gasteiger partial charge in [0, 0.05) is 6.04 Å². The average Bonchev–Trinajstić information content (AvgIpc) is 2.58. The number of nitrogens with one attached hydrogen (secondary N) is 1. The van der Waals surface area contributed by atoms with Gasteiger partial charge in [-0.15, -0.1) is 0 Å². The highest BCUT2D eigenvalue weighted by Crippen LogP contribution is 2.16. The molecule has 0 unspecified atom stereocenters. The molecule has 0 saturated heterocycles. The van der Waals surface area contributed by atoms with Crippen molar-refractivity contribution >= 4 is 17.8 Å². The lowest BCUT2D eigenvalue weighted by molar-refractivity contribution is -0.140. The highest BCUT2D eigenvalue weighted by atomic mass is 16.4. The molecule has 8 heteroatoms. The minimum absolute atomic E-state index is 0.116. The number of carbonyl (C=O) groups is 3. The third kappa shape index (κ3) is 15.6. The fraction of sp³-hybridized carbons (Fsp3) is 0.824. The molecule has 0 radical (unpaired) electrons. The second-order valence-electron chi connectivity index (χ2n) is 6.49. The Bertz CT molecular complexity index is 392. The monoisotopic (exact) mass is 359 g/mol. The molecule has 1 aliphatic carbocycles. The zero-order valence-corrected chi connectivity index (χ0v) is 14.9. The van der Waals surface area contributed by atoms with Crippen LogP contribution in [0.5, 0.6) is 0 Å². The number of nitrogens with two attached hydrogens (primary N) is 2. The summed E-state index contributed by atoms with van der Waals surface area (Å²) in [6.07, 6.45) is 12.6. The number of hydrogen-bond donors (Lipinski definition) is 5. The normalized spacial score (nSPS) is 18.1. The zero-order chi connectivity index (χ0) is 19.1. The molecule has 0 aromatic heterocycles. The summed E-state index contributed by atoms with van der Waals surface area (Å²) in [6, 6.07) is -0.739. The Kier molecular flexibility index (Phi) is 13.7. The van der Waals surface area contributed by atoms with Gasteiger partial charge in [0.2, 0.25) is 5.91 Å². The van der Waals surface area contributed by atoms with Crippen molar-refractivity contribution in [1.29, 1.82) is 0 Å². The van der Waals surface area contributed by atoms with Gasteiger partial charge in [-0.05, 0) is 12.8 Å². The van der Waals surface area contributed by atoms with Gasteiger partial charge in [0.25, 0.3) is 0 Å². The van der Waals surface area contributed by atoms with Crippen molar-refractivity contribution in [1.82, 2.24) is 5.32 Å². The summed E-state index contributed by atoms with van der Waals surface area (Å²) in [5.74, 6) is -2.66. The van der Waals surface area contributed by atoms with Crippen molar-refractivity contribution in [3.8, 4) is 0 Å². The van der Waals surface area contributed by atoms with Gasteiger partial charge in [0.15, 0.2) is 0 Å². The van der Waals surface area contributed by atoms with Crippen molar-refractivity contribution < 1.29 is 24.6 Å². The van der Waals surface area contributed by atoms with Crippen LogP contribution in [-0.4, -0.2) is 46.7 Å². The third-order valence-electron chi connectivity index (χ3n) is 4.14. The largest absolute Gasteiger partial charge is 0.480 e. The van der Waals surface area contributed by atoms with E-state index in [0.29, 0.717) is 6.04 Å². The quantitative estimate of drug-likeness (QED) is 0.477. The molecular weight excluding hydrogens is 326 g/mol. The second-order valence-corrected chi connectivity index (χ2v) is 6.49. The van der Waals surface area contributed by atoms with Gasteiger partial charge >= 0.3 is 11.9 Å². The molecule has 7 N–H and O–H groups in total. The van der Waals surface area contributed by atoms with Crippen LogP contribution in [-0.2, 0) is 14.4 Å². The van der Waals surface area contributed by atoms with Gasteiger partial charge in [-0.1, -0.05) is 51.4 Å². The maximum Gasteiger partial charge on any atom is 0.321 e. The number of carboxylic acid groups (broad SMARTS) is 2. The van der Waals surface area contributed by atoms with Crippen LogP contribution in [0, 0.1) is 0 Å². The van der Waals surface area contributed by atoms with E-state index in [1.807, 2.05) is 0 Å². The number of carbonyl (C=O) groups excluding carboxylic acids is 1. The van der Waals surface area contributed by atoms with Gasteiger partial charge in [-0.3, -0.25) is 14.4 Å². The van der Waals surface area contributed by atoms with Crippen LogP contribution in [0.4, 0.5) is 0 Å². The summed E-state index contributed by atoms with van der Waals surface area (Å²) >= 11 is 0. The molecule has 1 amide bonds. The summed E-state index contributed by atoms with van der Waals surface area (Å²) in [7, 11) is 0. The first kappa shape index (κ1) is 23.3. The molecular formula is C17H33N3O5. The number of carboxylic acids is 2. The number of hydrogen-bond acceptors (Lipinski definition) is 5. The molecule has 25 heavy (non-hydrogen) atoms. The number of amides is 1. The lowest BCUT2D eigenvalue weighted by Crippen LogP contribution is -2.34. The minimum Gasteiger partial charge on any atom is -0.480 e. The molecule has 0 spiro atoms. The fourth-order valence-electron chi connectivity index (χ4n) is 2.73. The standard InChI is InChI=1S/C13H25NO2.C4H8N2O3/c15-13(16)11-14-12-9-7-5-3-1-2-4-6-8-10-12;5-2(4(8)9)1-3(6)7/h12,14H,1-11H2,(H,15,16);2H,1,5H2,(H2,6,7)(H,8,9)/t;2-/m.0/s1. The Morgan fingerprint density at radius 3 is 1.68 bits per heavy atom. The highest BCUT2D eigenvalue weighted by Gasteiger charge is 2.13. The SMILES string of the molecule is NC(=O)C[C@H](N)C(=O)O.O=C(O)CNC1CCCCCCCCCC1. The summed E-state index contributed by atoms with van der Waals surface area (Å²) in [6.45, 7) is 0.116. The molecule has 1 atom stereocenters.